The van der Waals surface area contributed by atoms with Gasteiger partial charge in [0.05, 0.1) is 10.6 Å². The van der Waals surface area contributed by atoms with E-state index in [9.17, 15) is 18.0 Å². The van der Waals surface area contributed by atoms with Crippen LogP contribution in [0.5, 0.6) is 0 Å². The molecule has 0 aliphatic heterocycles. The van der Waals surface area contributed by atoms with Crippen molar-refractivity contribution >= 4 is 39.1 Å². The highest BCUT2D eigenvalue weighted by Crippen LogP contribution is 2.29. The molecule has 9 heteroatoms. The summed E-state index contributed by atoms with van der Waals surface area (Å²) in [5.74, 6) is -0.771. The quantitative estimate of drug-likeness (QED) is 0.227. The molecule has 3 aromatic rings. The van der Waals surface area contributed by atoms with Crippen molar-refractivity contribution in [3.8, 4) is 0 Å². The van der Waals surface area contributed by atoms with Gasteiger partial charge < -0.3 is 10.2 Å². The highest BCUT2D eigenvalue weighted by atomic mass is 35.5. The average molecular weight is 598 g/mol. The number of hydrogen-bond acceptors (Lipinski definition) is 4. The van der Waals surface area contributed by atoms with Crippen molar-refractivity contribution in [3.05, 3.63) is 94.5 Å². The first kappa shape index (κ1) is 32.2. The van der Waals surface area contributed by atoms with Crippen molar-refractivity contribution in [2.24, 2.45) is 0 Å². The number of nitrogens with zero attached hydrogens (tertiary/aromatic N) is 2. The summed E-state index contributed by atoms with van der Waals surface area (Å²) in [6.07, 6.45) is 2.66. The maximum Gasteiger partial charge on any atom is 0.264 e. The van der Waals surface area contributed by atoms with Crippen LogP contribution in [0.25, 0.3) is 0 Å². The molecule has 0 saturated heterocycles. The van der Waals surface area contributed by atoms with Gasteiger partial charge in [-0.15, -0.1) is 0 Å². The molecule has 3 rings (SSSR count). The van der Waals surface area contributed by atoms with E-state index in [1.54, 1.807) is 54.6 Å². The van der Waals surface area contributed by atoms with Crippen LogP contribution >= 0.6 is 11.6 Å². The molecule has 0 fully saturated rings. The van der Waals surface area contributed by atoms with Gasteiger partial charge in [-0.3, -0.25) is 13.9 Å². The Hall–Kier alpha value is -3.36. The van der Waals surface area contributed by atoms with Crippen LogP contribution in [0.4, 0.5) is 5.69 Å². The predicted octanol–water partition coefficient (Wildman–Crippen LogP) is 6.13. The Morgan fingerprint density at radius 1 is 0.902 bits per heavy atom. The zero-order valence-corrected chi connectivity index (χ0v) is 25.8. The van der Waals surface area contributed by atoms with Crippen molar-refractivity contribution < 1.29 is 18.0 Å². The third-order valence-corrected chi connectivity index (χ3v) is 9.19. The van der Waals surface area contributed by atoms with E-state index < -0.39 is 28.5 Å². The van der Waals surface area contributed by atoms with Crippen LogP contribution in [0.3, 0.4) is 0 Å². The number of carbonyl (C=O) groups is 2. The first-order chi connectivity index (χ1) is 19.6. The molecule has 0 aromatic heterocycles. The molecular weight excluding hydrogens is 558 g/mol. The second-order valence-electron chi connectivity index (χ2n) is 9.99. The average Bonchev–Trinajstić information content (AvgIpc) is 2.97. The minimum absolute atomic E-state index is 0.0616. The van der Waals surface area contributed by atoms with Crippen LogP contribution in [0.2, 0.25) is 5.02 Å². The maximum atomic E-state index is 14.2. The number of hydrogen-bond donors (Lipinski definition) is 1. The lowest BCUT2D eigenvalue weighted by molar-refractivity contribution is -0.140. The fourth-order valence-electron chi connectivity index (χ4n) is 4.64. The van der Waals surface area contributed by atoms with E-state index in [4.69, 9.17) is 11.6 Å². The molecule has 0 heterocycles. The Kier molecular flexibility index (Phi) is 11.8. The number of unbranched alkanes of at least 4 members (excludes halogenated alkanes) is 1. The SMILES string of the molecule is CCCCNC(=O)[C@@H](CC)N(Cc1ccccc1Cl)C(=O)CN(c1ccccc1CC)S(=O)(=O)c1ccc(C)cc1. The number of aryl methyl sites for hydroxylation is 2. The molecule has 0 saturated carbocycles. The summed E-state index contributed by atoms with van der Waals surface area (Å²) >= 11 is 6.46. The summed E-state index contributed by atoms with van der Waals surface area (Å²) in [5.41, 5.74) is 2.82. The van der Waals surface area contributed by atoms with E-state index in [1.165, 1.54) is 9.21 Å². The Morgan fingerprint density at radius 3 is 2.15 bits per heavy atom. The van der Waals surface area contributed by atoms with Crippen LogP contribution in [-0.4, -0.2) is 44.3 Å². The van der Waals surface area contributed by atoms with Gasteiger partial charge in [-0.2, -0.15) is 0 Å². The van der Waals surface area contributed by atoms with Gasteiger partial charge in [0, 0.05) is 18.1 Å². The zero-order valence-electron chi connectivity index (χ0n) is 24.3. The molecule has 0 radical (unpaired) electrons. The highest BCUT2D eigenvalue weighted by molar-refractivity contribution is 7.92. The molecular formula is C32H40ClN3O4S. The summed E-state index contributed by atoms with van der Waals surface area (Å²) in [6.45, 7) is 7.78. The lowest BCUT2D eigenvalue weighted by Gasteiger charge is -2.34. The van der Waals surface area contributed by atoms with Crippen molar-refractivity contribution in [2.45, 2.75) is 70.9 Å². The first-order valence-electron chi connectivity index (χ1n) is 14.1. The van der Waals surface area contributed by atoms with Gasteiger partial charge in [0.2, 0.25) is 11.8 Å². The van der Waals surface area contributed by atoms with Crippen LogP contribution in [0.1, 0.15) is 56.7 Å². The molecule has 0 unspecified atom stereocenters. The summed E-state index contributed by atoms with van der Waals surface area (Å²) in [4.78, 5) is 29.1. The number of carbonyl (C=O) groups excluding carboxylic acids is 2. The fraction of sp³-hybridized carbons (Fsp3) is 0.375. The number of para-hydroxylation sites is 1. The molecule has 1 N–H and O–H groups in total. The van der Waals surface area contributed by atoms with Crippen molar-refractivity contribution in [1.29, 1.82) is 0 Å². The van der Waals surface area contributed by atoms with Gasteiger partial charge in [-0.1, -0.05) is 92.9 Å². The zero-order chi connectivity index (χ0) is 30.0. The van der Waals surface area contributed by atoms with E-state index >= 15 is 0 Å². The van der Waals surface area contributed by atoms with Gasteiger partial charge in [0.25, 0.3) is 10.0 Å². The van der Waals surface area contributed by atoms with E-state index in [1.807, 2.05) is 45.9 Å². The first-order valence-corrected chi connectivity index (χ1v) is 15.9. The Labute approximate surface area is 249 Å². The van der Waals surface area contributed by atoms with Gasteiger partial charge >= 0.3 is 0 Å². The topological polar surface area (TPSA) is 86.8 Å². The monoisotopic (exact) mass is 597 g/mol. The number of anilines is 1. The molecule has 0 spiro atoms. The molecule has 3 aromatic carbocycles. The summed E-state index contributed by atoms with van der Waals surface area (Å²) in [6, 6.07) is 20.1. The van der Waals surface area contributed by atoms with Gasteiger partial charge in [-0.05, 0) is 61.6 Å². The largest absolute Gasteiger partial charge is 0.354 e. The van der Waals surface area contributed by atoms with E-state index in [2.05, 4.69) is 5.32 Å². The molecule has 2 amide bonds. The minimum atomic E-state index is -4.12. The Morgan fingerprint density at radius 2 is 1.54 bits per heavy atom. The standard InChI is InChI=1S/C32H40ClN3O4S/c1-5-8-21-34-32(38)29(7-3)35(22-26-14-9-11-15-28(26)33)31(37)23-36(30-16-12-10-13-25(30)6-2)41(39,40)27-19-17-24(4)18-20-27/h9-20,29H,5-8,21-23H2,1-4H3,(H,34,38)/t29-/m1/s1. The Bertz CT molecular complexity index is 1430. The van der Waals surface area contributed by atoms with Gasteiger partial charge in [0.1, 0.15) is 12.6 Å². The lowest BCUT2D eigenvalue weighted by Crippen LogP contribution is -2.52. The number of halogens is 1. The molecule has 41 heavy (non-hydrogen) atoms. The minimum Gasteiger partial charge on any atom is -0.354 e. The molecule has 1 atom stereocenters. The van der Waals surface area contributed by atoms with E-state index in [0.29, 0.717) is 35.7 Å². The van der Waals surface area contributed by atoms with Crippen LogP contribution in [0.15, 0.2) is 77.7 Å². The second-order valence-corrected chi connectivity index (χ2v) is 12.3. The molecule has 0 aliphatic rings. The number of amides is 2. The normalized spacial score (nSPS) is 12.0. The fourth-order valence-corrected chi connectivity index (χ4v) is 6.29. The van der Waals surface area contributed by atoms with Crippen LogP contribution in [0, 0.1) is 6.92 Å². The number of sulfonamides is 1. The molecule has 7 nitrogen and oxygen atoms in total. The summed E-state index contributed by atoms with van der Waals surface area (Å²) in [7, 11) is -4.12. The number of rotatable bonds is 14. The van der Waals surface area contributed by atoms with Crippen molar-refractivity contribution in [2.75, 3.05) is 17.4 Å². The third-order valence-electron chi connectivity index (χ3n) is 7.04. The molecule has 220 valence electrons. The van der Waals surface area contributed by atoms with Crippen LogP contribution < -0.4 is 9.62 Å². The number of benzene rings is 3. The second kappa shape index (κ2) is 15.0. The van der Waals surface area contributed by atoms with Gasteiger partial charge in [0.15, 0.2) is 0 Å². The maximum absolute atomic E-state index is 14.2. The van der Waals surface area contributed by atoms with Crippen LogP contribution in [-0.2, 0) is 32.6 Å². The molecule has 0 aliphatic carbocycles. The van der Waals surface area contributed by atoms with Crippen molar-refractivity contribution in [3.63, 3.8) is 0 Å². The van der Waals surface area contributed by atoms with E-state index in [0.717, 1.165) is 24.0 Å². The van der Waals surface area contributed by atoms with Crippen molar-refractivity contribution in [1.82, 2.24) is 10.2 Å². The van der Waals surface area contributed by atoms with E-state index in [-0.39, 0.29) is 17.3 Å². The highest BCUT2D eigenvalue weighted by Gasteiger charge is 2.34. The lowest BCUT2D eigenvalue weighted by atomic mass is 10.1. The predicted molar refractivity (Wildman–Crippen MR) is 166 cm³/mol. The number of nitrogens with one attached hydrogen (secondary N) is 1. The Balaban J connectivity index is 2.08. The molecule has 0 bridgehead atoms. The summed E-state index contributed by atoms with van der Waals surface area (Å²) in [5, 5.41) is 3.40. The third kappa shape index (κ3) is 8.11. The van der Waals surface area contributed by atoms with Gasteiger partial charge in [-0.25, -0.2) is 8.42 Å². The summed E-state index contributed by atoms with van der Waals surface area (Å²) < 4.78 is 29.3. The smallest absolute Gasteiger partial charge is 0.264 e.